The van der Waals surface area contributed by atoms with Gasteiger partial charge in [-0.1, -0.05) is 6.92 Å². The second kappa shape index (κ2) is 8.46. The van der Waals surface area contributed by atoms with Crippen molar-refractivity contribution in [3.8, 4) is 17.3 Å². The van der Waals surface area contributed by atoms with Gasteiger partial charge < -0.3 is 18.6 Å². The Morgan fingerprint density at radius 2 is 1.97 bits per heavy atom. The van der Waals surface area contributed by atoms with Crippen molar-refractivity contribution in [2.24, 2.45) is 13.0 Å². The standard InChI is InChI=1S/C27H30FN3O3/c1-6-17-11-22-18(9-20(17)28)12-23(31(22)14-16-7-8-16)26-29-21-10-19(27(32)34-15(2)3)13-24(33-5)25(21)30(26)4/h9-13,15-16H,6-8,14H2,1-5H3. The summed E-state index contributed by atoms with van der Waals surface area (Å²) >= 11 is 0. The summed E-state index contributed by atoms with van der Waals surface area (Å²) in [6.45, 7) is 6.48. The van der Waals surface area contributed by atoms with Gasteiger partial charge in [-0.15, -0.1) is 0 Å². The predicted octanol–water partition coefficient (Wildman–Crippen LogP) is 5.88. The average molecular weight is 464 g/mol. The maximum atomic E-state index is 14.6. The first-order valence-corrected chi connectivity index (χ1v) is 11.9. The number of benzene rings is 2. The van der Waals surface area contributed by atoms with Gasteiger partial charge in [0.05, 0.1) is 30.0 Å². The van der Waals surface area contributed by atoms with Crippen LogP contribution in [0.3, 0.4) is 0 Å². The molecule has 0 atom stereocenters. The number of hydrogen-bond acceptors (Lipinski definition) is 4. The molecule has 5 rings (SSSR count). The molecule has 0 radical (unpaired) electrons. The maximum Gasteiger partial charge on any atom is 0.338 e. The summed E-state index contributed by atoms with van der Waals surface area (Å²) < 4.78 is 29.9. The lowest BCUT2D eigenvalue weighted by Gasteiger charge is -2.12. The number of halogens is 1. The number of rotatable bonds is 7. The number of carbonyl (C=O) groups is 1. The molecule has 0 saturated heterocycles. The van der Waals surface area contributed by atoms with Crippen LogP contribution in [-0.2, 0) is 24.8 Å². The van der Waals surface area contributed by atoms with Crippen LogP contribution in [-0.4, -0.2) is 33.3 Å². The zero-order valence-electron chi connectivity index (χ0n) is 20.3. The number of aryl methyl sites for hydroxylation is 2. The van der Waals surface area contributed by atoms with Crippen molar-refractivity contribution in [3.05, 3.63) is 47.3 Å². The van der Waals surface area contributed by atoms with Crippen LogP contribution in [0.5, 0.6) is 5.75 Å². The highest BCUT2D eigenvalue weighted by atomic mass is 19.1. The van der Waals surface area contributed by atoms with Gasteiger partial charge in [0.15, 0.2) is 5.82 Å². The molecular formula is C27H30FN3O3. The number of methoxy groups -OCH3 is 1. The van der Waals surface area contributed by atoms with Crippen LogP contribution in [0.2, 0.25) is 0 Å². The van der Waals surface area contributed by atoms with Gasteiger partial charge in [-0.2, -0.15) is 0 Å². The van der Waals surface area contributed by atoms with Gasteiger partial charge in [-0.05, 0) is 74.9 Å². The molecule has 178 valence electrons. The molecule has 7 heteroatoms. The van der Waals surface area contributed by atoms with E-state index < -0.39 is 5.97 Å². The van der Waals surface area contributed by atoms with Crippen LogP contribution in [0.1, 0.15) is 49.5 Å². The Hall–Kier alpha value is -3.35. The number of hydrogen-bond donors (Lipinski definition) is 0. The van der Waals surface area contributed by atoms with E-state index in [0.717, 1.165) is 34.5 Å². The predicted molar refractivity (Wildman–Crippen MR) is 131 cm³/mol. The molecule has 2 aromatic carbocycles. The average Bonchev–Trinajstić information content (AvgIpc) is 3.48. The Balaban J connectivity index is 1.71. The summed E-state index contributed by atoms with van der Waals surface area (Å²) in [4.78, 5) is 17.5. The lowest BCUT2D eigenvalue weighted by Crippen LogP contribution is -2.11. The molecule has 1 saturated carbocycles. The van der Waals surface area contributed by atoms with Crippen molar-refractivity contribution in [2.45, 2.75) is 52.7 Å². The van der Waals surface area contributed by atoms with Gasteiger partial charge in [0.25, 0.3) is 0 Å². The lowest BCUT2D eigenvalue weighted by atomic mass is 10.1. The van der Waals surface area contributed by atoms with Gasteiger partial charge in [-0.25, -0.2) is 14.2 Å². The molecule has 0 bridgehead atoms. The van der Waals surface area contributed by atoms with Crippen molar-refractivity contribution in [3.63, 3.8) is 0 Å². The van der Waals surface area contributed by atoms with Gasteiger partial charge in [-0.3, -0.25) is 0 Å². The highest BCUT2D eigenvalue weighted by Crippen LogP contribution is 2.38. The molecule has 2 aromatic heterocycles. The Bertz CT molecular complexity index is 1410. The van der Waals surface area contributed by atoms with Crippen molar-refractivity contribution in [2.75, 3.05) is 7.11 Å². The quantitative estimate of drug-likeness (QED) is 0.321. The molecule has 6 nitrogen and oxygen atoms in total. The number of nitrogens with zero attached hydrogens (tertiary/aromatic N) is 3. The summed E-state index contributed by atoms with van der Waals surface area (Å²) in [6, 6.07) is 9.06. The van der Waals surface area contributed by atoms with Gasteiger partial charge >= 0.3 is 5.97 Å². The van der Waals surface area contributed by atoms with E-state index in [1.807, 2.05) is 44.5 Å². The van der Waals surface area contributed by atoms with E-state index in [1.54, 1.807) is 25.3 Å². The monoisotopic (exact) mass is 463 g/mol. The molecule has 0 amide bonds. The zero-order valence-corrected chi connectivity index (χ0v) is 20.3. The number of imidazole rings is 1. The highest BCUT2D eigenvalue weighted by Gasteiger charge is 2.27. The Morgan fingerprint density at radius 3 is 2.62 bits per heavy atom. The maximum absolute atomic E-state index is 14.6. The Labute approximate surface area is 198 Å². The first-order valence-electron chi connectivity index (χ1n) is 11.9. The first kappa shape index (κ1) is 22.4. The van der Waals surface area contributed by atoms with Crippen LogP contribution in [0.15, 0.2) is 30.3 Å². The van der Waals surface area contributed by atoms with E-state index in [-0.39, 0.29) is 11.9 Å². The van der Waals surface area contributed by atoms with E-state index in [2.05, 4.69) is 4.57 Å². The molecule has 0 unspecified atom stereocenters. The van der Waals surface area contributed by atoms with E-state index in [0.29, 0.717) is 34.7 Å². The fraction of sp³-hybridized carbons (Fsp3) is 0.407. The minimum atomic E-state index is -0.409. The molecule has 0 spiro atoms. The van der Waals surface area contributed by atoms with E-state index in [4.69, 9.17) is 14.5 Å². The smallest absolute Gasteiger partial charge is 0.338 e. The number of aromatic nitrogens is 3. The van der Waals surface area contributed by atoms with Crippen LogP contribution in [0.4, 0.5) is 4.39 Å². The summed E-state index contributed by atoms with van der Waals surface area (Å²) in [5.41, 5.74) is 4.52. The number of ether oxygens (including phenoxy) is 2. The third-order valence-electron chi connectivity index (χ3n) is 6.55. The molecule has 1 aliphatic carbocycles. The van der Waals surface area contributed by atoms with Gasteiger partial charge in [0, 0.05) is 24.5 Å². The van der Waals surface area contributed by atoms with Gasteiger partial charge in [0.1, 0.15) is 17.1 Å². The van der Waals surface area contributed by atoms with Crippen molar-refractivity contribution >= 4 is 27.9 Å². The van der Waals surface area contributed by atoms with Crippen LogP contribution < -0.4 is 4.74 Å². The third-order valence-corrected chi connectivity index (χ3v) is 6.55. The minimum absolute atomic E-state index is 0.176. The van der Waals surface area contributed by atoms with E-state index in [9.17, 15) is 9.18 Å². The Morgan fingerprint density at radius 1 is 1.21 bits per heavy atom. The molecule has 4 aromatic rings. The number of fused-ring (bicyclic) bond motifs is 2. The first-order chi connectivity index (χ1) is 16.3. The molecule has 34 heavy (non-hydrogen) atoms. The number of esters is 1. The zero-order chi connectivity index (χ0) is 24.1. The Kier molecular flexibility index (Phi) is 5.58. The van der Waals surface area contributed by atoms with Crippen molar-refractivity contribution in [1.29, 1.82) is 0 Å². The second-order valence-electron chi connectivity index (χ2n) is 9.43. The van der Waals surface area contributed by atoms with Crippen LogP contribution in [0.25, 0.3) is 33.5 Å². The topological polar surface area (TPSA) is 58.3 Å². The minimum Gasteiger partial charge on any atom is -0.494 e. The third kappa shape index (κ3) is 3.83. The van der Waals surface area contributed by atoms with E-state index >= 15 is 0 Å². The largest absolute Gasteiger partial charge is 0.494 e. The van der Waals surface area contributed by atoms with Crippen molar-refractivity contribution < 1.29 is 18.7 Å². The summed E-state index contributed by atoms with van der Waals surface area (Å²) in [7, 11) is 3.52. The molecule has 1 aliphatic rings. The fourth-order valence-electron chi connectivity index (χ4n) is 4.63. The summed E-state index contributed by atoms with van der Waals surface area (Å²) in [6.07, 6.45) is 2.84. The normalized spacial score (nSPS) is 13.9. The van der Waals surface area contributed by atoms with Crippen molar-refractivity contribution in [1.82, 2.24) is 14.1 Å². The SMILES string of the molecule is CCc1cc2c(cc1F)cc(-c1nc3cc(C(=O)OC(C)C)cc(OC)c3n1C)n2CC1CC1. The number of carbonyl (C=O) groups excluding carboxylic acids is 1. The molecule has 1 fully saturated rings. The van der Waals surface area contributed by atoms with Gasteiger partial charge in [0.2, 0.25) is 0 Å². The van der Waals surface area contributed by atoms with Crippen LogP contribution in [0, 0.1) is 11.7 Å². The summed E-state index contributed by atoms with van der Waals surface area (Å²) in [5.74, 6) is 1.35. The lowest BCUT2D eigenvalue weighted by molar-refractivity contribution is 0.0377. The summed E-state index contributed by atoms with van der Waals surface area (Å²) in [5, 5.41) is 0.866. The fourth-order valence-corrected chi connectivity index (χ4v) is 4.63. The second-order valence-corrected chi connectivity index (χ2v) is 9.43. The molecule has 2 heterocycles. The van der Waals surface area contributed by atoms with E-state index in [1.165, 1.54) is 12.8 Å². The molecule has 0 aliphatic heterocycles. The molecule has 0 N–H and O–H groups in total. The molecular weight excluding hydrogens is 433 g/mol. The highest BCUT2D eigenvalue weighted by molar-refractivity contribution is 5.97. The van der Waals surface area contributed by atoms with Crippen LogP contribution >= 0.6 is 0 Å².